The van der Waals surface area contributed by atoms with Crippen LogP contribution in [0.2, 0.25) is 5.02 Å². The lowest BCUT2D eigenvalue weighted by Gasteiger charge is -2.20. The minimum Gasteiger partial charge on any atom is -0.465 e. The van der Waals surface area contributed by atoms with Crippen LogP contribution < -0.4 is 4.90 Å². The Morgan fingerprint density at radius 3 is 2.64 bits per heavy atom. The summed E-state index contributed by atoms with van der Waals surface area (Å²) in [5.74, 6) is -0.404. The molecule has 2 aromatic carbocycles. The molecule has 0 aliphatic carbocycles. The highest BCUT2D eigenvalue weighted by Gasteiger charge is 2.14. The maximum absolute atomic E-state index is 11.6. The predicted molar refractivity (Wildman–Crippen MR) is 103 cm³/mol. The van der Waals surface area contributed by atoms with Crippen LogP contribution in [0.3, 0.4) is 0 Å². The number of aryl methyl sites for hydroxylation is 1. The molecule has 4 nitrogen and oxygen atoms in total. The number of hydrogen-bond donors (Lipinski definition) is 0. The first-order chi connectivity index (χ1) is 12.1. The Kier molecular flexibility index (Phi) is 5.39. The second-order valence-corrected chi connectivity index (χ2v) is 6.56. The summed E-state index contributed by atoms with van der Waals surface area (Å²) in [7, 11) is 1.35. The van der Waals surface area contributed by atoms with Gasteiger partial charge in [0.25, 0.3) is 0 Å². The molecule has 0 bridgehead atoms. The van der Waals surface area contributed by atoms with E-state index in [4.69, 9.17) is 16.3 Å². The van der Waals surface area contributed by atoms with E-state index in [9.17, 15) is 4.79 Å². The molecule has 1 aliphatic heterocycles. The zero-order valence-corrected chi connectivity index (χ0v) is 15.2. The number of anilines is 1. The standard InChI is InChI=1S/C20H21ClN2O2/c1-14-11-15(5-8-19(14)23-9-3-4-10-23)13-22-18-12-16(20(24)25-2)6-7-17(18)21/h5-8,11-13H,3-4,9-10H2,1-2H3. The monoisotopic (exact) mass is 356 g/mol. The molecule has 0 N–H and O–H groups in total. The lowest BCUT2D eigenvalue weighted by Crippen LogP contribution is -2.18. The highest BCUT2D eigenvalue weighted by molar-refractivity contribution is 6.33. The number of esters is 1. The van der Waals surface area contributed by atoms with Crippen LogP contribution in [0.4, 0.5) is 11.4 Å². The lowest BCUT2D eigenvalue weighted by molar-refractivity contribution is 0.0601. The molecular weight excluding hydrogens is 336 g/mol. The first-order valence-electron chi connectivity index (χ1n) is 8.36. The number of methoxy groups -OCH3 is 1. The summed E-state index contributed by atoms with van der Waals surface area (Å²) >= 11 is 6.18. The van der Waals surface area contributed by atoms with Crippen molar-refractivity contribution in [1.29, 1.82) is 0 Å². The summed E-state index contributed by atoms with van der Waals surface area (Å²) in [6.07, 6.45) is 4.29. The van der Waals surface area contributed by atoms with Crippen LogP contribution in [0.25, 0.3) is 0 Å². The van der Waals surface area contributed by atoms with Gasteiger partial charge in [-0.15, -0.1) is 0 Å². The zero-order chi connectivity index (χ0) is 17.8. The molecule has 1 heterocycles. The Morgan fingerprint density at radius 2 is 1.96 bits per heavy atom. The van der Waals surface area contributed by atoms with Gasteiger partial charge in [0.15, 0.2) is 0 Å². The predicted octanol–water partition coefficient (Wildman–Crippen LogP) is 4.79. The molecule has 1 fully saturated rings. The number of hydrogen-bond acceptors (Lipinski definition) is 4. The number of rotatable bonds is 4. The number of ether oxygens (including phenoxy) is 1. The molecule has 0 saturated carbocycles. The van der Waals surface area contributed by atoms with E-state index in [1.165, 1.54) is 31.2 Å². The quantitative estimate of drug-likeness (QED) is 0.584. The van der Waals surface area contributed by atoms with Gasteiger partial charge < -0.3 is 9.64 Å². The van der Waals surface area contributed by atoms with Crippen molar-refractivity contribution in [1.82, 2.24) is 0 Å². The summed E-state index contributed by atoms with van der Waals surface area (Å²) in [6.45, 7) is 4.38. The van der Waals surface area contributed by atoms with Crippen LogP contribution in [0, 0.1) is 6.92 Å². The summed E-state index contributed by atoms with van der Waals surface area (Å²) in [6, 6.07) is 11.2. The van der Waals surface area contributed by atoms with Crippen LogP contribution in [0.15, 0.2) is 41.4 Å². The maximum atomic E-state index is 11.6. The van der Waals surface area contributed by atoms with E-state index < -0.39 is 5.97 Å². The lowest BCUT2D eigenvalue weighted by atomic mass is 10.1. The third-order valence-electron chi connectivity index (χ3n) is 4.39. The minimum atomic E-state index is -0.404. The van der Waals surface area contributed by atoms with Gasteiger partial charge in [-0.3, -0.25) is 4.99 Å². The van der Waals surface area contributed by atoms with Gasteiger partial charge in [-0.25, -0.2) is 4.79 Å². The first kappa shape index (κ1) is 17.5. The third-order valence-corrected chi connectivity index (χ3v) is 4.71. The number of carbonyl (C=O) groups excluding carboxylic acids is 1. The average Bonchev–Trinajstić information content (AvgIpc) is 3.14. The number of carbonyl (C=O) groups is 1. The van der Waals surface area contributed by atoms with E-state index in [0.29, 0.717) is 16.3 Å². The summed E-state index contributed by atoms with van der Waals surface area (Å²) in [5, 5.41) is 0.495. The van der Waals surface area contributed by atoms with Gasteiger partial charge >= 0.3 is 5.97 Å². The van der Waals surface area contributed by atoms with Crippen LogP contribution >= 0.6 is 11.6 Å². The molecule has 0 amide bonds. The van der Waals surface area contributed by atoms with E-state index >= 15 is 0 Å². The van der Waals surface area contributed by atoms with Gasteiger partial charge in [0.05, 0.1) is 23.4 Å². The number of benzene rings is 2. The van der Waals surface area contributed by atoms with Gasteiger partial charge in [-0.2, -0.15) is 0 Å². The van der Waals surface area contributed by atoms with Crippen molar-refractivity contribution in [3.05, 3.63) is 58.1 Å². The van der Waals surface area contributed by atoms with Crippen molar-refractivity contribution in [3.8, 4) is 0 Å². The maximum Gasteiger partial charge on any atom is 0.337 e. The van der Waals surface area contributed by atoms with E-state index in [1.54, 1.807) is 24.4 Å². The Balaban J connectivity index is 1.82. The Hall–Kier alpha value is -2.33. The average molecular weight is 357 g/mol. The molecule has 2 aromatic rings. The fraction of sp³-hybridized carbons (Fsp3) is 0.300. The molecule has 0 atom stereocenters. The smallest absolute Gasteiger partial charge is 0.337 e. The van der Waals surface area contributed by atoms with Crippen molar-refractivity contribution in [2.45, 2.75) is 19.8 Å². The summed E-state index contributed by atoms with van der Waals surface area (Å²) < 4.78 is 4.73. The summed E-state index contributed by atoms with van der Waals surface area (Å²) in [5.41, 5.74) is 4.51. The fourth-order valence-electron chi connectivity index (χ4n) is 3.07. The van der Waals surface area contributed by atoms with Crippen molar-refractivity contribution < 1.29 is 9.53 Å². The van der Waals surface area contributed by atoms with Crippen LogP contribution in [-0.2, 0) is 4.74 Å². The molecule has 25 heavy (non-hydrogen) atoms. The van der Waals surface area contributed by atoms with E-state index in [2.05, 4.69) is 35.0 Å². The number of halogens is 1. The molecule has 0 radical (unpaired) electrons. The Morgan fingerprint density at radius 1 is 1.20 bits per heavy atom. The number of aliphatic imine (C=N–C) groups is 1. The Bertz CT molecular complexity index is 811. The SMILES string of the molecule is COC(=O)c1ccc(Cl)c(N=Cc2ccc(N3CCCC3)c(C)c2)c1. The third kappa shape index (κ3) is 4.02. The second kappa shape index (κ2) is 7.70. The molecule has 130 valence electrons. The molecule has 0 unspecified atom stereocenters. The second-order valence-electron chi connectivity index (χ2n) is 6.16. The summed E-state index contributed by atoms with van der Waals surface area (Å²) in [4.78, 5) is 18.5. The fourth-order valence-corrected chi connectivity index (χ4v) is 3.24. The van der Waals surface area contributed by atoms with Crippen molar-refractivity contribution in [2.24, 2.45) is 4.99 Å². The van der Waals surface area contributed by atoms with E-state index in [0.717, 1.165) is 18.7 Å². The van der Waals surface area contributed by atoms with Crippen molar-refractivity contribution in [3.63, 3.8) is 0 Å². The molecular formula is C20H21ClN2O2. The molecule has 0 aromatic heterocycles. The van der Waals surface area contributed by atoms with Gasteiger partial charge in [-0.05, 0) is 61.2 Å². The van der Waals surface area contributed by atoms with Gasteiger partial charge in [-0.1, -0.05) is 17.7 Å². The minimum absolute atomic E-state index is 0.404. The van der Waals surface area contributed by atoms with Crippen LogP contribution in [-0.4, -0.2) is 32.4 Å². The first-order valence-corrected chi connectivity index (χ1v) is 8.74. The molecule has 1 saturated heterocycles. The largest absolute Gasteiger partial charge is 0.465 e. The highest BCUT2D eigenvalue weighted by Crippen LogP contribution is 2.27. The van der Waals surface area contributed by atoms with Gasteiger partial charge in [0, 0.05) is 25.0 Å². The highest BCUT2D eigenvalue weighted by atomic mass is 35.5. The molecule has 5 heteroatoms. The Labute approximate surface area is 153 Å². The molecule has 1 aliphatic rings. The normalized spacial score (nSPS) is 14.3. The molecule has 0 spiro atoms. The van der Waals surface area contributed by atoms with Crippen molar-refractivity contribution in [2.75, 3.05) is 25.1 Å². The molecule has 3 rings (SSSR count). The van der Waals surface area contributed by atoms with Crippen LogP contribution in [0.1, 0.15) is 34.3 Å². The van der Waals surface area contributed by atoms with Crippen molar-refractivity contribution >= 4 is 35.2 Å². The van der Waals surface area contributed by atoms with Crippen LogP contribution in [0.5, 0.6) is 0 Å². The van der Waals surface area contributed by atoms with Gasteiger partial charge in [0.1, 0.15) is 0 Å². The van der Waals surface area contributed by atoms with Gasteiger partial charge in [0.2, 0.25) is 0 Å². The topological polar surface area (TPSA) is 41.9 Å². The number of nitrogens with zero attached hydrogens (tertiary/aromatic N) is 2. The van der Waals surface area contributed by atoms with E-state index in [-0.39, 0.29) is 0 Å². The van der Waals surface area contributed by atoms with E-state index in [1.807, 2.05) is 0 Å². The zero-order valence-electron chi connectivity index (χ0n) is 14.5.